The molecule has 0 atom stereocenters. The van der Waals surface area contributed by atoms with Gasteiger partial charge in [0.15, 0.2) is 0 Å². The highest BCUT2D eigenvalue weighted by Gasteiger charge is 2.10. The molecule has 2 rings (SSSR count). The predicted molar refractivity (Wildman–Crippen MR) is 104 cm³/mol. The van der Waals surface area contributed by atoms with Gasteiger partial charge in [-0.1, -0.05) is 17.7 Å². The van der Waals surface area contributed by atoms with Crippen molar-refractivity contribution in [2.24, 2.45) is 0 Å². The second-order valence-electron chi connectivity index (χ2n) is 6.05. The van der Waals surface area contributed by atoms with Gasteiger partial charge in [-0.25, -0.2) is 0 Å². The molecule has 2 aromatic carbocycles. The van der Waals surface area contributed by atoms with Crippen molar-refractivity contribution in [3.63, 3.8) is 0 Å². The normalized spacial score (nSPS) is 10.2. The molecule has 0 aliphatic rings. The SMILES string of the molecule is COc1cc(C(=O)NNC(=O)CCCOc2ccc(Cl)cc2C)ccc1C. The van der Waals surface area contributed by atoms with Gasteiger partial charge < -0.3 is 9.47 Å². The predicted octanol–water partition coefficient (Wildman–Crippen LogP) is 3.59. The molecule has 0 aromatic heterocycles. The van der Waals surface area contributed by atoms with E-state index in [0.29, 0.717) is 29.4 Å². The molecule has 0 bridgehead atoms. The summed E-state index contributed by atoms with van der Waals surface area (Å²) >= 11 is 5.90. The second-order valence-corrected chi connectivity index (χ2v) is 6.48. The van der Waals surface area contributed by atoms with E-state index in [-0.39, 0.29) is 12.3 Å². The second kappa shape index (κ2) is 9.83. The van der Waals surface area contributed by atoms with E-state index in [1.807, 2.05) is 19.9 Å². The highest BCUT2D eigenvalue weighted by molar-refractivity contribution is 6.30. The van der Waals surface area contributed by atoms with Crippen LogP contribution in [0.4, 0.5) is 0 Å². The quantitative estimate of drug-likeness (QED) is 0.559. The third kappa shape index (κ3) is 6.18. The fourth-order valence-electron chi connectivity index (χ4n) is 2.41. The molecule has 144 valence electrons. The van der Waals surface area contributed by atoms with Crippen LogP contribution in [0.3, 0.4) is 0 Å². The first-order valence-corrected chi connectivity index (χ1v) is 8.91. The third-order valence-electron chi connectivity index (χ3n) is 3.93. The Morgan fingerprint density at radius 1 is 1.00 bits per heavy atom. The number of methoxy groups -OCH3 is 1. The number of rotatable bonds is 7. The Hall–Kier alpha value is -2.73. The fourth-order valence-corrected chi connectivity index (χ4v) is 2.64. The monoisotopic (exact) mass is 390 g/mol. The van der Waals surface area contributed by atoms with E-state index >= 15 is 0 Å². The summed E-state index contributed by atoms with van der Waals surface area (Å²) in [7, 11) is 1.54. The van der Waals surface area contributed by atoms with E-state index < -0.39 is 5.91 Å². The van der Waals surface area contributed by atoms with E-state index in [0.717, 1.165) is 16.9 Å². The molecule has 0 spiro atoms. The minimum absolute atomic E-state index is 0.226. The highest BCUT2D eigenvalue weighted by atomic mass is 35.5. The van der Waals surface area contributed by atoms with Crippen molar-refractivity contribution in [3.05, 3.63) is 58.1 Å². The summed E-state index contributed by atoms with van der Waals surface area (Å²) in [5.74, 6) is 0.651. The zero-order valence-electron chi connectivity index (χ0n) is 15.6. The smallest absolute Gasteiger partial charge is 0.269 e. The lowest BCUT2D eigenvalue weighted by atomic mass is 10.1. The molecule has 0 saturated heterocycles. The average molecular weight is 391 g/mol. The van der Waals surface area contributed by atoms with Gasteiger partial charge in [-0.05, 0) is 61.7 Å². The summed E-state index contributed by atoms with van der Waals surface area (Å²) in [6, 6.07) is 10.5. The van der Waals surface area contributed by atoms with Crippen LogP contribution in [-0.4, -0.2) is 25.5 Å². The molecule has 0 radical (unpaired) electrons. The zero-order chi connectivity index (χ0) is 19.8. The van der Waals surface area contributed by atoms with Gasteiger partial charge in [0.1, 0.15) is 11.5 Å². The number of carbonyl (C=O) groups excluding carboxylic acids is 2. The zero-order valence-corrected chi connectivity index (χ0v) is 16.4. The Morgan fingerprint density at radius 2 is 1.78 bits per heavy atom. The summed E-state index contributed by atoms with van der Waals surface area (Å²) in [5, 5.41) is 0.654. The number of hydrogen-bond donors (Lipinski definition) is 2. The number of aryl methyl sites for hydroxylation is 2. The number of amides is 2. The average Bonchev–Trinajstić information content (AvgIpc) is 2.65. The summed E-state index contributed by atoms with van der Waals surface area (Å²) in [4.78, 5) is 23.9. The van der Waals surface area contributed by atoms with Crippen LogP contribution in [0.25, 0.3) is 0 Å². The van der Waals surface area contributed by atoms with E-state index in [4.69, 9.17) is 21.1 Å². The van der Waals surface area contributed by atoms with Crippen LogP contribution in [0, 0.1) is 13.8 Å². The van der Waals surface area contributed by atoms with Crippen molar-refractivity contribution in [3.8, 4) is 11.5 Å². The van der Waals surface area contributed by atoms with Gasteiger partial charge in [0.2, 0.25) is 5.91 Å². The Balaban J connectivity index is 1.72. The lowest BCUT2D eigenvalue weighted by molar-refractivity contribution is -0.122. The van der Waals surface area contributed by atoms with Gasteiger partial charge in [-0.2, -0.15) is 0 Å². The topological polar surface area (TPSA) is 76.7 Å². The summed E-state index contributed by atoms with van der Waals surface area (Å²) in [6.45, 7) is 4.18. The van der Waals surface area contributed by atoms with Crippen molar-refractivity contribution in [1.29, 1.82) is 0 Å². The molecule has 7 heteroatoms. The molecular weight excluding hydrogens is 368 g/mol. The van der Waals surface area contributed by atoms with Gasteiger partial charge in [0.05, 0.1) is 13.7 Å². The third-order valence-corrected chi connectivity index (χ3v) is 4.16. The molecule has 27 heavy (non-hydrogen) atoms. The lowest BCUT2D eigenvalue weighted by Crippen LogP contribution is -2.41. The first-order chi connectivity index (χ1) is 12.9. The lowest BCUT2D eigenvalue weighted by Gasteiger charge is -2.11. The largest absolute Gasteiger partial charge is 0.496 e. The number of benzene rings is 2. The molecular formula is C20H23ClN2O4. The minimum atomic E-state index is -0.408. The van der Waals surface area contributed by atoms with Crippen molar-refractivity contribution in [2.75, 3.05) is 13.7 Å². The molecule has 0 aliphatic carbocycles. The van der Waals surface area contributed by atoms with Gasteiger partial charge in [-0.3, -0.25) is 20.4 Å². The van der Waals surface area contributed by atoms with E-state index in [1.54, 1.807) is 37.4 Å². The Kier molecular flexibility index (Phi) is 7.49. The van der Waals surface area contributed by atoms with Crippen LogP contribution in [0.15, 0.2) is 36.4 Å². The molecule has 2 N–H and O–H groups in total. The van der Waals surface area contributed by atoms with E-state index in [2.05, 4.69) is 10.9 Å². The van der Waals surface area contributed by atoms with Crippen LogP contribution in [0.2, 0.25) is 5.02 Å². The fraction of sp³-hybridized carbons (Fsp3) is 0.300. The van der Waals surface area contributed by atoms with Crippen LogP contribution in [0.5, 0.6) is 11.5 Å². The molecule has 0 unspecified atom stereocenters. The molecule has 0 fully saturated rings. The molecule has 2 amide bonds. The Morgan fingerprint density at radius 3 is 2.48 bits per heavy atom. The van der Waals surface area contributed by atoms with Gasteiger partial charge in [0, 0.05) is 17.0 Å². The van der Waals surface area contributed by atoms with Gasteiger partial charge >= 0.3 is 0 Å². The maximum Gasteiger partial charge on any atom is 0.269 e. The number of nitrogens with one attached hydrogen (secondary N) is 2. The number of hydrazine groups is 1. The highest BCUT2D eigenvalue weighted by Crippen LogP contribution is 2.22. The molecule has 0 saturated carbocycles. The summed E-state index contributed by atoms with van der Waals surface area (Å²) < 4.78 is 10.8. The molecule has 6 nitrogen and oxygen atoms in total. The molecule has 0 aliphatic heterocycles. The number of ether oxygens (including phenoxy) is 2. The standard InChI is InChI=1S/C20H23ClN2O4/c1-13-6-7-15(12-18(13)26-3)20(25)23-22-19(24)5-4-10-27-17-9-8-16(21)11-14(17)2/h6-9,11-12H,4-5,10H2,1-3H3,(H,22,24)(H,23,25). The number of hydrogen-bond acceptors (Lipinski definition) is 4. The van der Waals surface area contributed by atoms with Crippen LogP contribution in [-0.2, 0) is 4.79 Å². The van der Waals surface area contributed by atoms with Crippen molar-refractivity contribution in [1.82, 2.24) is 10.9 Å². The van der Waals surface area contributed by atoms with E-state index in [9.17, 15) is 9.59 Å². The summed E-state index contributed by atoms with van der Waals surface area (Å²) in [6.07, 6.45) is 0.742. The molecule has 0 heterocycles. The summed E-state index contributed by atoms with van der Waals surface area (Å²) in [5.41, 5.74) is 7.06. The van der Waals surface area contributed by atoms with Crippen molar-refractivity contribution in [2.45, 2.75) is 26.7 Å². The first kappa shape index (κ1) is 20.6. The maximum atomic E-state index is 12.1. The van der Waals surface area contributed by atoms with Gasteiger partial charge in [0.25, 0.3) is 5.91 Å². The van der Waals surface area contributed by atoms with Crippen molar-refractivity contribution >= 4 is 23.4 Å². The number of halogens is 1. The van der Waals surface area contributed by atoms with Crippen LogP contribution < -0.4 is 20.3 Å². The first-order valence-electron chi connectivity index (χ1n) is 8.53. The maximum absolute atomic E-state index is 12.1. The molecule has 2 aromatic rings. The Bertz CT molecular complexity index is 824. The van der Waals surface area contributed by atoms with Crippen LogP contribution >= 0.6 is 11.6 Å². The van der Waals surface area contributed by atoms with Crippen LogP contribution in [0.1, 0.15) is 34.3 Å². The number of carbonyl (C=O) groups is 2. The minimum Gasteiger partial charge on any atom is -0.496 e. The van der Waals surface area contributed by atoms with Gasteiger partial charge in [-0.15, -0.1) is 0 Å². The van der Waals surface area contributed by atoms with E-state index in [1.165, 1.54) is 0 Å². The van der Waals surface area contributed by atoms with Crippen molar-refractivity contribution < 1.29 is 19.1 Å². The Labute approximate surface area is 163 Å².